The minimum Gasteiger partial charge on any atom is -0.494 e. The van der Waals surface area contributed by atoms with Gasteiger partial charge in [-0.1, -0.05) is 6.07 Å². The van der Waals surface area contributed by atoms with Gasteiger partial charge in [0.25, 0.3) is 0 Å². The van der Waals surface area contributed by atoms with Crippen LogP contribution in [0.25, 0.3) is 10.9 Å². The first kappa shape index (κ1) is 19.0. The van der Waals surface area contributed by atoms with Gasteiger partial charge in [0.1, 0.15) is 0 Å². The third-order valence-electron chi connectivity index (χ3n) is 5.14. The second-order valence-corrected chi connectivity index (χ2v) is 6.98. The van der Waals surface area contributed by atoms with E-state index in [9.17, 15) is 9.90 Å². The first-order valence-electron chi connectivity index (χ1n) is 9.49. The van der Waals surface area contributed by atoms with Crippen LogP contribution in [0.1, 0.15) is 40.9 Å². The van der Waals surface area contributed by atoms with E-state index < -0.39 is 0 Å². The van der Waals surface area contributed by atoms with Crippen LogP contribution in [0.15, 0.2) is 41.4 Å². The number of hydrogen-bond donors (Lipinski definition) is 3. The van der Waals surface area contributed by atoms with Crippen LogP contribution in [0.5, 0.6) is 17.4 Å². The van der Waals surface area contributed by atoms with Gasteiger partial charge in [0.2, 0.25) is 6.79 Å². The van der Waals surface area contributed by atoms with Crippen LogP contribution in [0.4, 0.5) is 0 Å². The molecule has 0 radical (unpaired) electrons. The number of Topliss-reactive ketones (excluding diaryl/α,β-unsaturated/α-hetero) is 1. The molecule has 3 N–H and O–H groups in total. The highest BCUT2D eigenvalue weighted by Gasteiger charge is 2.17. The Bertz CT molecular complexity index is 1090. The highest BCUT2D eigenvalue weighted by Crippen LogP contribution is 2.34. The number of nitrogens with one attached hydrogen (secondary N) is 2. The van der Waals surface area contributed by atoms with Crippen molar-refractivity contribution < 1.29 is 19.4 Å². The summed E-state index contributed by atoms with van der Waals surface area (Å²) in [7, 11) is 1.91. The fourth-order valence-corrected chi connectivity index (χ4v) is 3.52. The summed E-state index contributed by atoms with van der Waals surface area (Å²) >= 11 is 0. The molecule has 0 spiro atoms. The van der Waals surface area contributed by atoms with E-state index in [1.54, 1.807) is 24.4 Å². The molecule has 1 atom stereocenters. The summed E-state index contributed by atoms with van der Waals surface area (Å²) in [5.74, 6) is 1.55. The van der Waals surface area contributed by atoms with Crippen molar-refractivity contribution in [2.24, 2.45) is 4.99 Å². The molecule has 1 aliphatic rings. The summed E-state index contributed by atoms with van der Waals surface area (Å²) in [4.78, 5) is 19.1. The third-order valence-corrected chi connectivity index (χ3v) is 5.14. The zero-order valence-corrected chi connectivity index (χ0v) is 16.4. The van der Waals surface area contributed by atoms with Crippen molar-refractivity contribution in [3.63, 3.8) is 0 Å². The molecule has 2 heterocycles. The van der Waals surface area contributed by atoms with E-state index >= 15 is 0 Å². The smallest absolute Gasteiger partial charge is 0.231 e. The molecule has 0 saturated carbocycles. The Morgan fingerprint density at radius 2 is 2.10 bits per heavy atom. The van der Waals surface area contributed by atoms with Crippen molar-refractivity contribution in [1.29, 1.82) is 0 Å². The molecule has 0 aliphatic carbocycles. The van der Waals surface area contributed by atoms with Crippen LogP contribution < -0.4 is 14.8 Å². The molecule has 2 aromatic carbocycles. The normalized spacial score (nSPS) is 14.0. The summed E-state index contributed by atoms with van der Waals surface area (Å²) < 4.78 is 10.8. The van der Waals surface area contributed by atoms with Gasteiger partial charge in [-0.25, -0.2) is 0 Å². The third kappa shape index (κ3) is 3.82. The molecular weight excluding hydrogens is 370 g/mol. The Kier molecular flexibility index (Phi) is 5.22. The summed E-state index contributed by atoms with van der Waals surface area (Å²) in [6.45, 7) is 2.35. The van der Waals surface area contributed by atoms with Crippen LogP contribution in [0.2, 0.25) is 0 Å². The number of rotatable bonds is 7. The monoisotopic (exact) mass is 393 g/mol. The standard InChI is InChI=1S/C22H23N3O4/c1-13(26)14-3-5-19-16(9-14)17(22(27)25-19)11-24-8-7-18(23-2)15-4-6-20-21(10-15)29-12-28-20/h3-6,9-11,18,23,25,27H,7-8,12H2,1-2H3. The Morgan fingerprint density at radius 1 is 1.28 bits per heavy atom. The molecule has 7 heteroatoms. The lowest BCUT2D eigenvalue weighted by Gasteiger charge is -2.15. The quantitative estimate of drug-likeness (QED) is 0.421. The highest BCUT2D eigenvalue weighted by atomic mass is 16.7. The van der Waals surface area contributed by atoms with Gasteiger partial charge < -0.3 is 24.9 Å². The maximum absolute atomic E-state index is 11.7. The predicted octanol–water partition coefficient (Wildman–Crippen LogP) is 3.57. The number of ether oxygens (including phenoxy) is 2. The molecule has 150 valence electrons. The van der Waals surface area contributed by atoms with Gasteiger partial charge >= 0.3 is 0 Å². The van der Waals surface area contributed by atoms with Crippen LogP contribution in [0, 0.1) is 0 Å². The maximum atomic E-state index is 11.7. The van der Waals surface area contributed by atoms with Gasteiger partial charge in [-0.3, -0.25) is 9.79 Å². The Labute approximate surface area is 168 Å². The summed E-state index contributed by atoms with van der Waals surface area (Å²) in [6, 6.07) is 11.3. The molecular formula is C22H23N3O4. The van der Waals surface area contributed by atoms with Crippen LogP contribution in [-0.4, -0.2) is 42.5 Å². The number of nitrogens with zero attached hydrogens (tertiary/aromatic N) is 1. The number of hydrogen-bond acceptors (Lipinski definition) is 6. The Hall–Kier alpha value is -3.32. The zero-order chi connectivity index (χ0) is 20.4. The first-order valence-corrected chi connectivity index (χ1v) is 9.49. The van der Waals surface area contributed by atoms with E-state index in [0.717, 1.165) is 34.4 Å². The number of carbonyl (C=O) groups is 1. The van der Waals surface area contributed by atoms with E-state index in [1.165, 1.54) is 6.92 Å². The SMILES string of the molecule is CNC(CCN=Cc1c(O)[nH]c2ccc(C(C)=O)cc12)c1ccc2c(c1)OCO2. The molecule has 1 aliphatic heterocycles. The van der Waals surface area contributed by atoms with Crippen LogP contribution in [0.3, 0.4) is 0 Å². The van der Waals surface area contributed by atoms with Crippen LogP contribution >= 0.6 is 0 Å². The number of aliphatic imine (C=N–C) groups is 1. The van der Waals surface area contributed by atoms with Gasteiger partial charge in [0.15, 0.2) is 23.2 Å². The average molecular weight is 393 g/mol. The molecule has 4 rings (SSSR count). The number of benzene rings is 2. The van der Waals surface area contributed by atoms with E-state index in [1.807, 2.05) is 25.2 Å². The molecule has 0 amide bonds. The number of aromatic amines is 1. The average Bonchev–Trinajstić information content (AvgIpc) is 3.30. The number of ketones is 1. The molecule has 3 aromatic rings. The number of aromatic hydroxyl groups is 1. The minimum absolute atomic E-state index is 0.0175. The zero-order valence-electron chi connectivity index (χ0n) is 16.4. The summed E-state index contributed by atoms with van der Waals surface area (Å²) in [6.07, 6.45) is 2.43. The largest absolute Gasteiger partial charge is 0.494 e. The van der Waals surface area contributed by atoms with Crippen molar-refractivity contribution in [2.75, 3.05) is 20.4 Å². The Balaban J connectivity index is 1.48. The van der Waals surface area contributed by atoms with Crippen molar-refractivity contribution in [1.82, 2.24) is 10.3 Å². The number of H-pyrrole nitrogens is 1. The van der Waals surface area contributed by atoms with Crippen molar-refractivity contribution >= 4 is 22.9 Å². The fraction of sp³-hybridized carbons (Fsp3) is 0.273. The van der Waals surface area contributed by atoms with Gasteiger partial charge in [0, 0.05) is 35.3 Å². The minimum atomic E-state index is -0.0175. The first-order chi connectivity index (χ1) is 14.1. The summed E-state index contributed by atoms with van der Waals surface area (Å²) in [5, 5.41) is 14.3. The van der Waals surface area contributed by atoms with Gasteiger partial charge in [-0.2, -0.15) is 0 Å². The molecule has 0 fully saturated rings. The van der Waals surface area contributed by atoms with Gasteiger partial charge in [-0.15, -0.1) is 0 Å². The van der Waals surface area contributed by atoms with Crippen LogP contribution in [-0.2, 0) is 0 Å². The molecule has 0 bridgehead atoms. The molecule has 7 nitrogen and oxygen atoms in total. The second-order valence-electron chi connectivity index (χ2n) is 6.98. The lowest BCUT2D eigenvalue weighted by molar-refractivity contribution is 0.101. The number of aromatic nitrogens is 1. The predicted molar refractivity (Wildman–Crippen MR) is 111 cm³/mol. The van der Waals surface area contributed by atoms with Crippen molar-refractivity contribution in [3.05, 3.63) is 53.1 Å². The molecule has 29 heavy (non-hydrogen) atoms. The van der Waals surface area contributed by atoms with E-state index in [-0.39, 0.29) is 24.5 Å². The highest BCUT2D eigenvalue weighted by molar-refractivity contribution is 6.05. The maximum Gasteiger partial charge on any atom is 0.231 e. The van der Waals surface area contributed by atoms with E-state index in [0.29, 0.717) is 17.7 Å². The second kappa shape index (κ2) is 7.97. The topological polar surface area (TPSA) is 95.9 Å². The molecule has 1 aromatic heterocycles. The Morgan fingerprint density at radius 3 is 2.90 bits per heavy atom. The lowest BCUT2D eigenvalue weighted by atomic mass is 10.0. The molecule has 1 unspecified atom stereocenters. The molecule has 0 saturated heterocycles. The lowest BCUT2D eigenvalue weighted by Crippen LogP contribution is -2.17. The van der Waals surface area contributed by atoms with Crippen molar-refractivity contribution in [2.45, 2.75) is 19.4 Å². The van der Waals surface area contributed by atoms with E-state index in [4.69, 9.17) is 9.47 Å². The number of carbonyl (C=O) groups excluding carboxylic acids is 1. The fourth-order valence-electron chi connectivity index (χ4n) is 3.52. The summed E-state index contributed by atoms with van der Waals surface area (Å²) in [5.41, 5.74) is 3.06. The van der Waals surface area contributed by atoms with E-state index in [2.05, 4.69) is 15.3 Å². The van der Waals surface area contributed by atoms with Crippen molar-refractivity contribution in [3.8, 4) is 17.4 Å². The number of fused-ring (bicyclic) bond motifs is 2. The van der Waals surface area contributed by atoms with Gasteiger partial charge in [-0.05, 0) is 56.3 Å². The van der Waals surface area contributed by atoms with Gasteiger partial charge in [0.05, 0.1) is 5.56 Å².